The maximum atomic E-state index is 10.9. The number of aryl methyl sites for hydroxylation is 1. The van der Waals surface area contributed by atoms with E-state index in [1.807, 2.05) is 12.3 Å². The highest BCUT2D eigenvalue weighted by Gasteiger charge is 2.07. The van der Waals surface area contributed by atoms with Gasteiger partial charge < -0.3 is 10.4 Å². The lowest BCUT2D eigenvalue weighted by Crippen LogP contribution is -2.01. The van der Waals surface area contributed by atoms with Crippen LogP contribution in [0.2, 0.25) is 0 Å². The average Bonchev–Trinajstić information content (AvgIpc) is 2.38. The zero-order valence-corrected chi connectivity index (χ0v) is 11.4. The fourth-order valence-electron chi connectivity index (χ4n) is 1.65. The van der Waals surface area contributed by atoms with Gasteiger partial charge in [0.2, 0.25) is 0 Å². The molecular weight excluding hydrogens is 262 g/mol. The van der Waals surface area contributed by atoms with E-state index in [0.29, 0.717) is 16.9 Å². The molecule has 0 unspecified atom stereocenters. The number of carbonyl (C=O) groups is 1. The molecule has 1 heterocycles. The molecule has 0 radical (unpaired) electrons. The molecule has 5 nitrogen and oxygen atoms in total. The molecule has 0 fully saturated rings. The summed E-state index contributed by atoms with van der Waals surface area (Å²) in [5.41, 5.74) is 1.81. The van der Waals surface area contributed by atoms with Gasteiger partial charge in [-0.25, -0.2) is 14.8 Å². The Balaban J connectivity index is 2.23. The Morgan fingerprint density at radius 3 is 2.74 bits per heavy atom. The fraction of sp³-hybridized carbons (Fsp3) is 0.154. The van der Waals surface area contributed by atoms with Crippen LogP contribution in [0.5, 0.6) is 0 Å². The highest BCUT2D eigenvalue weighted by atomic mass is 32.2. The van der Waals surface area contributed by atoms with E-state index in [-0.39, 0.29) is 0 Å². The van der Waals surface area contributed by atoms with Gasteiger partial charge in [-0.3, -0.25) is 0 Å². The molecule has 0 amide bonds. The zero-order valence-electron chi connectivity index (χ0n) is 10.5. The van der Waals surface area contributed by atoms with E-state index in [1.165, 1.54) is 18.1 Å². The molecule has 0 atom stereocenters. The molecule has 2 N–H and O–H groups in total. The van der Waals surface area contributed by atoms with Crippen LogP contribution in [0.25, 0.3) is 0 Å². The summed E-state index contributed by atoms with van der Waals surface area (Å²) in [5.74, 6) is -0.238. The third kappa shape index (κ3) is 3.23. The molecule has 0 aliphatic carbocycles. The summed E-state index contributed by atoms with van der Waals surface area (Å²) in [7, 11) is 0. The molecule has 0 saturated carbocycles. The first-order valence-corrected chi connectivity index (χ1v) is 6.79. The van der Waals surface area contributed by atoms with Crippen LogP contribution in [-0.4, -0.2) is 27.3 Å². The molecule has 98 valence electrons. The summed E-state index contributed by atoms with van der Waals surface area (Å²) in [4.78, 5) is 19.1. The number of thioether (sulfide) groups is 1. The van der Waals surface area contributed by atoms with Crippen LogP contribution in [-0.2, 0) is 0 Å². The van der Waals surface area contributed by atoms with Gasteiger partial charge in [0.25, 0.3) is 0 Å². The summed E-state index contributed by atoms with van der Waals surface area (Å²) in [6.45, 7) is 1.77. The predicted octanol–water partition coefficient (Wildman–Crippen LogP) is 2.95. The topological polar surface area (TPSA) is 75.1 Å². The van der Waals surface area contributed by atoms with E-state index >= 15 is 0 Å². The first-order valence-electron chi connectivity index (χ1n) is 5.57. The SMILES string of the molecule is CSc1cc(Nc2ccc(C(=O)O)c(C)c2)ncn1. The third-order valence-electron chi connectivity index (χ3n) is 2.58. The Morgan fingerprint density at radius 1 is 1.32 bits per heavy atom. The van der Waals surface area contributed by atoms with Gasteiger partial charge in [-0.1, -0.05) is 0 Å². The summed E-state index contributed by atoms with van der Waals surface area (Å²) in [5, 5.41) is 13.0. The van der Waals surface area contributed by atoms with Gasteiger partial charge in [0, 0.05) is 11.8 Å². The normalized spacial score (nSPS) is 10.2. The number of aromatic carboxylic acids is 1. The molecular formula is C13H13N3O2S. The lowest BCUT2D eigenvalue weighted by Gasteiger charge is -2.08. The van der Waals surface area contributed by atoms with Gasteiger partial charge >= 0.3 is 5.97 Å². The quantitative estimate of drug-likeness (QED) is 0.660. The lowest BCUT2D eigenvalue weighted by molar-refractivity contribution is 0.0696. The fourth-order valence-corrected chi connectivity index (χ4v) is 2.03. The van der Waals surface area contributed by atoms with E-state index in [4.69, 9.17) is 5.11 Å². The van der Waals surface area contributed by atoms with Crippen molar-refractivity contribution in [3.63, 3.8) is 0 Å². The predicted molar refractivity (Wildman–Crippen MR) is 75.2 cm³/mol. The number of carboxylic acid groups (broad SMARTS) is 1. The van der Waals surface area contributed by atoms with Crippen molar-refractivity contribution in [2.45, 2.75) is 11.9 Å². The number of aromatic nitrogens is 2. The van der Waals surface area contributed by atoms with Crippen molar-refractivity contribution < 1.29 is 9.90 Å². The highest BCUT2D eigenvalue weighted by molar-refractivity contribution is 7.98. The van der Waals surface area contributed by atoms with Gasteiger partial charge in [-0.2, -0.15) is 0 Å². The Morgan fingerprint density at radius 2 is 2.11 bits per heavy atom. The second-order valence-corrected chi connectivity index (χ2v) is 4.73. The number of anilines is 2. The minimum Gasteiger partial charge on any atom is -0.478 e. The van der Waals surface area contributed by atoms with Crippen molar-refractivity contribution in [2.75, 3.05) is 11.6 Å². The zero-order chi connectivity index (χ0) is 13.8. The van der Waals surface area contributed by atoms with Crippen LogP contribution >= 0.6 is 11.8 Å². The van der Waals surface area contributed by atoms with Crippen LogP contribution in [0.1, 0.15) is 15.9 Å². The van der Waals surface area contributed by atoms with Crippen LogP contribution in [0.4, 0.5) is 11.5 Å². The van der Waals surface area contributed by atoms with Crippen molar-refractivity contribution in [2.24, 2.45) is 0 Å². The van der Waals surface area contributed by atoms with Crippen molar-refractivity contribution >= 4 is 29.2 Å². The first-order chi connectivity index (χ1) is 9.10. The number of rotatable bonds is 4. The molecule has 19 heavy (non-hydrogen) atoms. The second-order valence-electron chi connectivity index (χ2n) is 3.91. The third-order valence-corrected chi connectivity index (χ3v) is 3.22. The number of hydrogen-bond acceptors (Lipinski definition) is 5. The summed E-state index contributed by atoms with van der Waals surface area (Å²) in [6.07, 6.45) is 3.44. The van der Waals surface area contributed by atoms with Gasteiger partial charge in [-0.05, 0) is 36.9 Å². The van der Waals surface area contributed by atoms with Gasteiger partial charge in [0.1, 0.15) is 17.2 Å². The largest absolute Gasteiger partial charge is 0.478 e. The van der Waals surface area contributed by atoms with E-state index in [0.717, 1.165) is 10.7 Å². The van der Waals surface area contributed by atoms with Crippen LogP contribution < -0.4 is 5.32 Å². The van der Waals surface area contributed by atoms with Gasteiger partial charge in [0.05, 0.1) is 5.56 Å². The van der Waals surface area contributed by atoms with Crippen molar-refractivity contribution in [3.05, 3.63) is 41.7 Å². The van der Waals surface area contributed by atoms with E-state index < -0.39 is 5.97 Å². The van der Waals surface area contributed by atoms with Crippen LogP contribution in [0.15, 0.2) is 35.6 Å². The van der Waals surface area contributed by atoms with E-state index in [2.05, 4.69) is 15.3 Å². The molecule has 0 aliphatic rings. The van der Waals surface area contributed by atoms with E-state index in [9.17, 15) is 4.79 Å². The second kappa shape index (κ2) is 5.71. The molecule has 0 bridgehead atoms. The Labute approximate surface area is 115 Å². The smallest absolute Gasteiger partial charge is 0.335 e. The summed E-state index contributed by atoms with van der Waals surface area (Å²) < 4.78 is 0. The molecule has 0 aliphatic heterocycles. The number of hydrogen-bond donors (Lipinski definition) is 2. The average molecular weight is 275 g/mol. The van der Waals surface area contributed by atoms with Crippen LogP contribution in [0, 0.1) is 6.92 Å². The van der Waals surface area contributed by atoms with Gasteiger partial charge in [-0.15, -0.1) is 11.8 Å². The minimum atomic E-state index is -0.921. The molecule has 6 heteroatoms. The number of nitrogens with zero attached hydrogens (tertiary/aromatic N) is 2. The van der Waals surface area contributed by atoms with Gasteiger partial charge in [0.15, 0.2) is 0 Å². The summed E-state index contributed by atoms with van der Waals surface area (Å²) >= 11 is 1.53. The number of carboxylic acids is 1. The molecule has 2 aromatic rings. The van der Waals surface area contributed by atoms with Crippen molar-refractivity contribution in [1.82, 2.24) is 9.97 Å². The molecule has 1 aromatic carbocycles. The van der Waals surface area contributed by atoms with Crippen LogP contribution in [0.3, 0.4) is 0 Å². The Kier molecular flexibility index (Phi) is 4.01. The maximum Gasteiger partial charge on any atom is 0.335 e. The standard InChI is InChI=1S/C13H13N3O2S/c1-8-5-9(3-4-10(8)13(17)18)16-11-6-12(19-2)15-7-14-11/h3-7H,1-2H3,(H,17,18)(H,14,15,16). The monoisotopic (exact) mass is 275 g/mol. The maximum absolute atomic E-state index is 10.9. The molecule has 0 spiro atoms. The highest BCUT2D eigenvalue weighted by Crippen LogP contribution is 2.20. The Hall–Kier alpha value is -2.08. The molecule has 2 rings (SSSR count). The minimum absolute atomic E-state index is 0.304. The lowest BCUT2D eigenvalue weighted by atomic mass is 10.1. The van der Waals surface area contributed by atoms with Crippen molar-refractivity contribution in [1.29, 1.82) is 0 Å². The Bertz CT molecular complexity index is 617. The van der Waals surface area contributed by atoms with E-state index in [1.54, 1.807) is 25.1 Å². The molecule has 1 aromatic heterocycles. The molecule has 0 saturated heterocycles. The van der Waals surface area contributed by atoms with Crippen molar-refractivity contribution in [3.8, 4) is 0 Å². The number of benzene rings is 1. The first kappa shape index (κ1) is 13.4. The summed E-state index contributed by atoms with van der Waals surface area (Å²) in [6, 6.07) is 6.92. The number of nitrogens with one attached hydrogen (secondary N) is 1.